The molecule has 2 amide bonds. The molecule has 0 fully saturated rings. The molecule has 1 heterocycles. The largest absolute Gasteiger partial charge is 0.361 e. The second-order valence-corrected chi connectivity index (χ2v) is 8.04. The van der Waals surface area contributed by atoms with Crippen molar-refractivity contribution in [3.63, 3.8) is 0 Å². The number of nitrogens with one attached hydrogen (secondary N) is 3. The van der Waals surface area contributed by atoms with Gasteiger partial charge in [0, 0.05) is 28.2 Å². The van der Waals surface area contributed by atoms with Gasteiger partial charge < -0.3 is 21.4 Å². The molecule has 32 heavy (non-hydrogen) atoms. The fourth-order valence-electron chi connectivity index (χ4n) is 3.45. The summed E-state index contributed by atoms with van der Waals surface area (Å²) < 4.78 is 0. The fourth-order valence-corrected chi connectivity index (χ4v) is 3.75. The van der Waals surface area contributed by atoms with E-state index in [9.17, 15) is 9.59 Å². The van der Waals surface area contributed by atoms with Crippen LogP contribution >= 0.6 is 23.2 Å². The van der Waals surface area contributed by atoms with Crippen LogP contribution in [0.25, 0.3) is 10.9 Å². The summed E-state index contributed by atoms with van der Waals surface area (Å²) in [6.45, 7) is 0. The molecule has 2 unspecified atom stereocenters. The molecule has 4 aromatic rings. The smallest absolute Gasteiger partial charge is 0.252 e. The maximum Gasteiger partial charge on any atom is 0.252 e. The number of hydrogen-bond donors (Lipinski definition) is 4. The quantitative estimate of drug-likeness (QED) is 0.309. The number of halogens is 2. The number of amides is 2. The summed E-state index contributed by atoms with van der Waals surface area (Å²) >= 11 is 12.0. The Balaban J connectivity index is 1.65. The average Bonchev–Trinajstić information content (AvgIpc) is 3.23. The van der Waals surface area contributed by atoms with Gasteiger partial charge in [-0.15, -0.1) is 0 Å². The molecule has 0 radical (unpaired) electrons. The van der Waals surface area contributed by atoms with Gasteiger partial charge in [-0.3, -0.25) is 9.59 Å². The first-order valence-corrected chi connectivity index (χ1v) is 10.6. The fraction of sp³-hybridized carbons (Fsp3) is 0.0833. The molecule has 0 aliphatic carbocycles. The van der Waals surface area contributed by atoms with E-state index < -0.39 is 24.0 Å². The lowest BCUT2D eigenvalue weighted by atomic mass is 10.0. The standard InChI is InChI=1S/C24H20Cl2N4O2/c25-18-11-10-15(12-19(18)26)23(31)29-21(17-13-28-20-9-5-4-8-16(17)20)24(32)30-22(27)14-6-2-1-3-7-14/h1-13,21-22,28H,27H2,(H,29,31)(H,30,32). The number of carbonyl (C=O) groups excluding carboxylic acids is 2. The van der Waals surface area contributed by atoms with E-state index in [1.165, 1.54) is 12.1 Å². The van der Waals surface area contributed by atoms with Gasteiger partial charge in [-0.2, -0.15) is 0 Å². The Hall–Kier alpha value is -3.32. The lowest BCUT2D eigenvalue weighted by Crippen LogP contribution is -2.43. The monoisotopic (exact) mass is 466 g/mol. The van der Waals surface area contributed by atoms with E-state index in [1.807, 2.05) is 54.6 Å². The Kier molecular flexibility index (Phi) is 6.46. The van der Waals surface area contributed by atoms with Crippen molar-refractivity contribution in [1.29, 1.82) is 0 Å². The van der Waals surface area contributed by atoms with Gasteiger partial charge in [0.2, 0.25) is 5.91 Å². The van der Waals surface area contributed by atoms with Crippen molar-refractivity contribution in [2.24, 2.45) is 5.73 Å². The average molecular weight is 467 g/mol. The molecule has 8 heteroatoms. The zero-order valence-electron chi connectivity index (χ0n) is 16.8. The molecule has 2 atom stereocenters. The zero-order chi connectivity index (χ0) is 22.7. The van der Waals surface area contributed by atoms with Gasteiger partial charge in [0.05, 0.1) is 10.0 Å². The van der Waals surface area contributed by atoms with Crippen LogP contribution in [0.5, 0.6) is 0 Å². The first-order valence-electron chi connectivity index (χ1n) is 9.87. The Bertz CT molecular complexity index is 1270. The van der Waals surface area contributed by atoms with Crippen LogP contribution in [0.2, 0.25) is 10.0 Å². The van der Waals surface area contributed by atoms with Crippen LogP contribution in [0, 0.1) is 0 Å². The van der Waals surface area contributed by atoms with Crippen LogP contribution in [-0.2, 0) is 4.79 Å². The molecule has 0 aliphatic heterocycles. The van der Waals surface area contributed by atoms with Crippen molar-refractivity contribution in [3.8, 4) is 0 Å². The Morgan fingerprint density at radius 1 is 0.875 bits per heavy atom. The Labute approximate surface area is 194 Å². The number of hydrogen-bond acceptors (Lipinski definition) is 3. The third-order valence-electron chi connectivity index (χ3n) is 5.11. The normalized spacial score (nSPS) is 12.8. The van der Waals surface area contributed by atoms with Gasteiger partial charge in [-0.25, -0.2) is 0 Å². The third kappa shape index (κ3) is 4.62. The maximum atomic E-state index is 13.3. The molecule has 3 aromatic carbocycles. The molecule has 5 N–H and O–H groups in total. The summed E-state index contributed by atoms with van der Waals surface area (Å²) in [5.74, 6) is -0.915. The van der Waals surface area contributed by atoms with Crippen LogP contribution in [-0.4, -0.2) is 16.8 Å². The lowest BCUT2D eigenvalue weighted by molar-refractivity contribution is -0.123. The van der Waals surface area contributed by atoms with Crippen molar-refractivity contribution in [3.05, 3.63) is 106 Å². The number of aromatic amines is 1. The highest BCUT2D eigenvalue weighted by Crippen LogP contribution is 2.26. The Morgan fingerprint density at radius 2 is 1.59 bits per heavy atom. The second kappa shape index (κ2) is 9.44. The minimum Gasteiger partial charge on any atom is -0.361 e. The highest BCUT2D eigenvalue weighted by atomic mass is 35.5. The van der Waals surface area contributed by atoms with Crippen molar-refractivity contribution >= 4 is 45.9 Å². The van der Waals surface area contributed by atoms with E-state index in [4.69, 9.17) is 28.9 Å². The number of H-pyrrole nitrogens is 1. The number of aromatic nitrogens is 1. The van der Waals surface area contributed by atoms with E-state index >= 15 is 0 Å². The van der Waals surface area contributed by atoms with Crippen LogP contribution < -0.4 is 16.4 Å². The second-order valence-electron chi connectivity index (χ2n) is 7.22. The number of benzene rings is 3. The SMILES string of the molecule is NC(NC(=O)C(NC(=O)c1ccc(Cl)c(Cl)c1)c1c[nH]c2ccccc12)c1ccccc1. The van der Waals surface area contributed by atoms with Crippen molar-refractivity contribution in [2.75, 3.05) is 0 Å². The minimum atomic E-state index is -0.997. The molecule has 0 saturated carbocycles. The number of rotatable bonds is 6. The summed E-state index contributed by atoms with van der Waals surface area (Å²) in [5, 5.41) is 6.99. The van der Waals surface area contributed by atoms with Gasteiger partial charge in [0.1, 0.15) is 12.2 Å². The molecule has 162 valence electrons. The molecule has 0 saturated heterocycles. The topological polar surface area (TPSA) is 100 Å². The number of fused-ring (bicyclic) bond motifs is 1. The minimum absolute atomic E-state index is 0.249. The van der Waals surface area contributed by atoms with Crippen molar-refractivity contribution < 1.29 is 9.59 Å². The van der Waals surface area contributed by atoms with E-state index in [1.54, 1.807) is 12.3 Å². The molecular formula is C24H20Cl2N4O2. The molecule has 0 spiro atoms. The summed E-state index contributed by atoms with van der Waals surface area (Å²) in [6, 6.07) is 20.2. The van der Waals surface area contributed by atoms with Crippen molar-refractivity contribution in [2.45, 2.75) is 12.2 Å². The predicted octanol–water partition coefficient (Wildman–Crippen LogP) is 4.72. The first kappa shape index (κ1) is 21.9. The highest BCUT2D eigenvalue weighted by Gasteiger charge is 2.27. The molecule has 4 rings (SSSR count). The molecule has 0 bridgehead atoms. The number of nitrogens with two attached hydrogens (primary N) is 1. The van der Waals surface area contributed by atoms with Gasteiger partial charge >= 0.3 is 0 Å². The summed E-state index contributed by atoms with van der Waals surface area (Å²) in [5.41, 5.74) is 8.68. The first-order chi connectivity index (χ1) is 15.4. The molecular weight excluding hydrogens is 447 g/mol. The summed E-state index contributed by atoms with van der Waals surface area (Å²) in [7, 11) is 0. The van der Waals surface area contributed by atoms with Crippen LogP contribution in [0.15, 0.2) is 79.0 Å². The van der Waals surface area contributed by atoms with E-state index in [-0.39, 0.29) is 10.6 Å². The van der Waals surface area contributed by atoms with E-state index in [0.29, 0.717) is 10.6 Å². The lowest BCUT2D eigenvalue weighted by Gasteiger charge is -2.21. The summed E-state index contributed by atoms with van der Waals surface area (Å²) in [6.07, 6.45) is 0.969. The molecule has 6 nitrogen and oxygen atoms in total. The highest BCUT2D eigenvalue weighted by molar-refractivity contribution is 6.42. The van der Waals surface area contributed by atoms with Gasteiger partial charge in [0.25, 0.3) is 5.91 Å². The van der Waals surface area contributed by atoms with Gasteiger partial charge in [-0.1, -0.05) is 71.7 Å². The van der Waals surface area contributed by atoms with Crippen LogP contribution in [0.4, 0.5) is 0 Å². The molecule has 1 aromatic heterocycles. The van der Waals surface area contributed by atoms with Gasteiger partial charge in [-0.05, 0) is 29.8 Å². The molecule has 0 aliphatic rings. The summed E-state index contributed by atoms with van der Waals surface area (Å²) in [4.78, 5) is 29.4. The number of carbonyl (C=O) groups is 2. The van der Waals surface area contributed by atoms with Crippen LogP contribution in [0.3, 0.4) is 0 Å². The van der Waals surface area contributed by atoms with E-state index in [2.05, 4.69) is 15.6 Å². The Morgan fingerprint density at radius 3 is 2.34 bits per heavy atom. The van der Waals surface area contributed by atoms with Crippen molar-refractivity contribution in [1.82, 2.24) is 15.6 Å². The van der Waals surface area contributed by atoms with Gasteiger partial charge in [0.15, 0.2) is 0 Å². The maximum absolute atomic E-state index is 13.3. The van der Waals surface area contributed by atoms with Crippen LogP contribution in [0.1, 0.15) is 33.7 Å². The zero-order valence-corrected chi connectivity index (χ0v) is 18.3. The predicted molar refractivity (Wildman–Crippen MR) is 126 cm³/mol. The number of para-hydroxylation sites is 1. The van der Waals surface area contributed by atoms with E-state index in [0.717, 1.165) is 16.5 Å². The third-order valence-corrected chi connectivity index (χ3v) is 5.85.